The molecule has 3 heterocycles. The van der Waals surface area contributed by atoms with Crippen LogP contribution in [0.15, 0.2) is 42.7 Å². The Kier molecular flexibility index (Phi) is 7.14. The van der Waals surface area contributed by atoms with E-state index >= 15 is 0 Å². The van der Waals surface area contributed by atoms with Gasteiger partial charge in [-0.05, 0) is 62.6 Å². The highest BCUT2D eigenvalue weighted by molar-refractivity contribution is 5.78. The van der Waals surface area contributed by atoms with E-state index in [1.54, 1.807) is 16.8 Å². The summed E-state index contributed by atoms with van der Waals surface area (Å²) in [4.78, 5) is 17.0. The fraction of sp³-hybridized carbons (Fsp3) is 0.500. The summed E-state index contributed by atoms with van der Waals surface area (Å²) in [7, 11) is 0. The Labute approximate surface area is 183 Å². The van der Waals surface area contributed by atoms with Crippen molar-refractivity contribution in [3.63, 3.8) is 0 Å². The van der Waals surface area contributed by atoms with Crippen molar-refractivity contribution in [2.24, 2.45) is 0 Å². The summed E-state index contributed by atoms with van der Waals surface area (Å²) in [6.45, 7) is 7.14. The third-order valence-corrected chi connectivity index (χ3v) is 6.37. The van der Waals surface area contributed by atoms with E-state index < -0.39 is 0 Å². The molecule has 2 aromatic rings. The molecule has 1 aromatic carbocycles. The molecular formula is C24H32FN5O. The Morgan fingerprint density at radius 3 is 2.81 bits per heavy atom. The Hall–Kier alpha value is -2.51. The molecule has 0 radical (unpaired) electrons. The number of likely N-dealkylation sites (tertiary alicyclic amines) is 1. The highest BCUT2D eigenvalue weighted by atomic mass is 19.1. The summed E-state index contributed by atoms with van der Waals surface area (Å²) in [5.74, 6) is -0.151. The number of rotatable bonds is 7. The summed E-state index contributed by atoms with van der Waals surface area (Å²) < 4.78 is 14.9. The quantitative estimate of drug-likeness (QED) is 0.741. The van der Waals surface area contributed by atoms with Gasteiger partial charge >= 0.3 is 0 Å². The topological polar surface area (TPSA) is 53.4 Å². The van der Waals surface area contributed by atoms with Crippen molar-refractivity contribution >= 4 is 11.5 Å². The van der Waals surface area contributed by atoms with E-state index in [2.05, 4.69) is 33.2 Å². The van der Waals surface area contributed by atoms with Crippen molar-refractivity contribution in [2.75, 3.05) is 39.3 Å². The number of halogens is 1. The Morgan fingerprint density at radius 1 is 1.23 bits per heavy atom. The fourth-order valence-corrected chi connectivity index (χ4v) is 4.43. The van der Waals surface area contributed by atoms with E-state index in [1.807, 2.05) is 12.4 Å². The zero-order valence-corrected chi connectivity index (χ0v) is 18.3. The molecule has 0 bridgehead atoms. The summed E-state index contributed by atoms with van der Waals surface area (Å²) in [6, 6.07) is 6.93. The van der Waals surface area contributed by atoms with Crippen LogP contribution in [0.5, 0.6) is 0 Å². The number of amides is 1. The molecule has 4 rings (SSSR count). The monoisotopic (exact) mass is 425 g/mol. The lowest BCUT2D eigenvalue weighted by molar-refractivity contribution is -0.122. The van der Waals surface area contributed by atoms with Crippen LogP contribution < -0.4 is 5.32 Å². The number of hydrogen-bond donors (Lipinski definition) is 1. The van der Waals surface area contributed by atoms with Crippen LogP contribution in [0.3, 0.4) is 0 Å². The van der Waals surface area contributed by atoms with E-state index in [1.165, 1.54) is 37.0 Å². The smallest absolute Gasteiger partial charge is 0.234 e. The summed E-state index contributed by atoms with van der Waals surface area (Å²) in [6.07, 6.45) is 10.7. The van der Waals surface area contributed by atoms with E-state index in [-0.39, 0.29) is 11.7 Å². The first-order valence-electron chi connectivity index (χ1n) is 11.3. The van der Waals surface area contributed by atoms with E-state index in [0.29, 0.717) is 12.6 Å². The Balaban J connectivity index is 1.23. The molecule has 1 saturated heterocycles. The normalized spacial score (nSPS) is 20.5. The van der Waals surface area contributed by atoms with E-state index in [4.69, 9.17) is 0 Å². The fourth-order valence-electron chi connectivity index (χ4n) is 4.43. The predicted octanol–water partition coefficient (Wildman–Crippen LogP) is 3.09. The molecule has 7 heteroatoms. The molecule has 0 aliphatic carbocycles. The van der Waals surface area contributed by atoms with Crippen molar-refractivity contribution in [1.82, 2.24) is 24.9 Å². The third-order valence-electron chi connectivity index (χ3n) is 6.37. The van der Waals surface area contributed by atoms with Crippen LogP contribution in [-0.2, 0) is 4.79 Å². The minimum Gasteiger partial charge on any atom is -0.354 e. The van der Waals surface area contributed by atoms with Crippen molar-refractivity contribution in [3.05, 3.63) is 54.1 Å². The van der Waals surface area contributed by atoms with E-state index in [9.17, 15) is 9.18 Å². The molecule has 1 aromatic heterocycles. The largest absolute Gasteiger partial charge is 0.354 e. The minimum atomic E-state index is -0.253. The summed E-state index contributed by atoms with van der Waals surface area (Å²) >= 11 is 0. The molecule has 31 heavy (non-hydrogen) atoms. The van der Waals surface area contributed by atoms with Crippen LogP contribution in [0.2, 0.25) is 0 Å². The first-order chi connectivity index (χ1) is 15.1. The second kappa shape index (κ2) is 10.2. The van der Waals surface area contributed by atoms with Crippen LogP contribution in [0.1, 0.15) is 38.2 Å². The number of nitrogens with zero attached hydrogens (tertiary/aromatic N) is 4. The first kappa shape index (κ1) is 21.7. The molecule has 2 aliphatic heterocycles. The zero-order valence-electron chi connectivity index (χ0n) is 18.3. The highest BCUT2D eigenvalue weighted by Gasteiger charge is 2.19. The van der Waals surface area contributed by atoms with Crippen LogP contribution in [-0.4, -0.2) is 70.8 Å². The molecule has 0 saturated carbocycles. The molecule has 0 unspecified atom stereocenters. The number of nitrogens with one attached hydrogen (secondary N) is 1. The molecule has 6 nitrogen and oxygen atoms in total. The zero-order chi connectivity index (χ0) is 21.6. The van der Waals surface area contributed by atoms with Crippen molar-refractivity contribution in [1.29, 1.82) is 0 Å². The number of hydrogen-bond acceptors (Lipinski definition) is 4. The maximum atomic E-state index is 13.1. The van der Waals surface area contributed by atoms with Gasteiger partial charge in [0.1, 0.15) is 5.82 Å². The lowest BCUT2D eigenvalue weighted by Gasteiger charge is -2.33. The molecule has 1 N–H and O–H groups in total. The van der Waals surface area contributed by atoms with Gasteiger partial charge in [0.2, 0.25) is 5.91 Å². The van der Waals surface area contributed by atoms with Gasteiger partial charge in [0.25, 0.3) is 0 Å². The minimum absolute atomic E-state index is 0.102. The molecule has 2 aliphatic rings. The van der Waals surface area contributed by atoms with Gasteiger partial charge in [-0.25, -0.2) is 9.07 Å². The average Bonchev–Trinajstić information content (AvgIpc) is 3.26. The molecule has 166 valence electrons. The van der Waals surface area contributed by atoms with Gasteiger partial charge < -0.3 is 5.32 Å². The van der Waals surface area contributed by atoms with Gasteiger partial charge in [-0.3, -0.25) is 14.6 Å². The SMILES string of the molecule is C[C@H]1CCCCN1CCNC(=O)CN1CC=C(c2cnn(-c3ccc(F)cc3)c2)CC1. The number of carbonyl (C=O) groups is 1. The standard InChI is InChI=1S/C24H32FN5O/c1-19-4-2-3-12-29(19)15-11-26-24(31)18-28-13-9-20(10-14-28)21-16-27-30(17-21)23-7-5-22(25)6-8-23/h5-9,16-17,19H,2-4,10-15,18H2,1H3,(H,26,31)/t19-/m0/s1. The molecule has 0 spiro atoms. The molecular weight excluding hydrogens is 393 g/mol. The van der Waals surface area contributed by atoms with Gasteiger partial charge in [0.05, 0.1) is 18.4 Å². The lowest BCUT2D eigenvalue weighted by Crippen LogP contribution is -2.44. The number of piperidine rings is 1. The van der Waals surface area contributed by atoms with Gasteiger partial charge in [0.15, 0.2) is 0 Å². The van der Waals surface area contributed by atoms with Gasteiger partial charge in [-0.15, -0.1) is 0 Å². The number of benzene rings is 1. The summed E-state index contributed by atoms with van der Waals surface area (Å²) in [5.41, 5.74) is 3.15. The third kappa shape index (κ3) is 5.80. The van der Waals surface area contributed by atoms with Gasteiger partial charge in [0, 0.05) is 44.0 Å². The Bertz CT molecular complexity index is 907. The van der Waals surface area contributed by atoms with Crippen LogP contribution in [0.4, 0.5) is 4.39 Å². The lowest BCUT2D eigenvalue weighted by atomic mass is 10.0. The van der Waals surface area contributed by atoms with Crippen LogP contribution in [0, 0.1) is 5.82 Å². The van der Waals surface area contributed by atoms with Crippen LogP contribution >= 0.6 is 0 Å². The first-order valence-corrected chi connectivity index (χ1v) is 11.3. The van der Waals surface area contributed by atoms with Crippen molar-refractivity contribution in [2.45, 2.75) is 38.6 Å². The van der Waals surface area contributed by atoms with E-state index in [0.717, 1.165) is 50.4 Å². The second-order valence-corrected chi connectivity index (χ2v) is 8.60. The van der Waals surface area contributed by atoms with Crippen molar-refractivity contribution in [3.8, 4) is 5.69 Å². The Morgan fingerprint density at radius 2 is 2.06 bits per heavy atom. The predicted molar refractivity (Wildman–Crippen MR) is 120 cm³/mol. The van der Waals surface area contributed by atoms with Crippen LogP contribution in [0.25, 0.3) is 11.3 Å². The summed E-state index contributed by atoms with van der Waals surface area (Å²) in [5, 5.41) is 7.49. The highest BCUT2D eigenvalue weighted by Crippen LogP contribution is 2.23. The average molecular weight is 426 g/mol. The van der Waals surface area contributed by atoms with Gasteiger partial charge in [-0.1, -0.05) is 12.5 Å². The van der Waals surface area contributed by atoms with Crippen molar-refractivity contribution < 1.29 is 9.18 Å². The molecule has 1 atom stereocenters. The maximum absolute atomic E-state index is 13.1. The number of aromatic nitrogens is 2. The number of carbonyl (C=O) groups excluding carboxylic acids is 1. The van der Waals surface area contributed by atoms with Gasteiger partial charge in [-0.2, -0.15) is 5.10 Å². The molecule has 1 amide bonds. The maximum Gasteiger partial charge on any atom is 0.234 e. The molecule has 1 fully saturated rings. The second-order valence-electron chi connectivity index (χ2n) is 8.60.